The van der Waals surface area contributed by atoms with E-state index in [1.807, 2.05) is 24.3 Å². The molecule has 0 heterocycles. The highest BCUT2D eigenvalue weighted by atomic mass is 16.5. The number of hydrogen-bond donors (Lipinski definition) is 1. The van der Waals surface area contributed by atoms with Gasteiger partial charge in [0.05, 0.1) is 6.10 Å². The van der Waals surface area contributed by atoms with Gasteiger partial charge in [-0.3, -0.25) is 0 Å². The van der Waals surface area contributed by atoms with Gasteiger partial charge in [0.1, 0.15) is 11.9 Å². The summed E-state index contributed by atoms with van der Waals surface area (Å²) < 4.78 is 6.00. The molecule has 1 N–H and O–H groups in total. The van der Waals surface area contributed by atoms with Crippen molar-refractivity contribution in [2.45, 2.75) is 31.5 Å². The van der Waals surface area contributed by atoms with E-state index >= 15 is 0 Å². The fourth-order valence-corrected chi connectivity index (χ4v) is 2.50. The molecule has 2 aromatic carbocycles. The second-order valence-corrected chi connectivity index (χ2v) is 4.68. The Morgan fingerprint density at radius 3 is 2.65 bits per heavy atom. The highest BCUT2D eigenvalue weighted by Crippen LogP contribution is 2.30. The number of aliphatic hydroxyl groups is 1. The third kappa shape index (κ3) is 2.13. The van der Waals surface area contributed by atoms with Crippen LogP contribution in [-0.4, -0.2) is 17.3 Å². The van der Waals surface area contributed by atoms with E-state index in [4.69, 9.17) is 4.74 Å². The van der Waals surface area contributed by atoms with Crippen LogP contribution in [0.3, 0.4) is 0 Å². The Hall–Kier alpha value is -1.54. The first-order chi connectivity index (χ1) is 8.33. The Labute approximate surface area is 101 Å². The highest BCUT2D eigenvalue weighted by Gasteiger charge is 2.24. The van der Waals surface area contributed by atoms with Crippen molar-refractivity contribution in [2.24, 2.45) is 0 Å². The Bertz CT molecular complexity index is 516. The summed E-state index contributed by atoms with van der Waals surface area (Å²) in [6.45, 7) is 0. The number of ether oxygens (including phenoxy) is 1. The summed E-state index contributed by atoms with van der Waals surface area (Å²) in [6, 6.07) is 14.3. The molecule has 3 rings (SSSR count). The lowest BCUT2D eigenvalue weighted by molar-refractivity contribution is 0.150. The zero-order chi connectivity index (χ0) is 11.7. The SMILES string of the molecule is OC1CCC(Oc2cccc3ccccc23)C1. The maximum Gasteiger partial charge on any atom is 0.127 e. The monoisotopic (exact) mass is 228 g/mol. The van der Waals surface area contributed by atoms with Gasteiger partial charge in [-0.25, -0.2) is 0 Å². The van der Waals surface area contributed by atoms with E-state index in [9.17, 15) is 5.11 Å². The molecule has 2 atom stereocenters. The van der Waals surface area contributed by atoms with Crippen LogP contribution in [-0.2, 0) is 0 Å². The maximum atomic E-state index is 9.51. The van der Waals surface area contributed by atoms with Crippen LogP contribution < -0.4 is 4.74 Å². The summed E-state index contributed by atoms with van der Waals surface area (Å²) in [7, 11) is 0. The quantitative estimate of drug-likeness (QED) is 0.855. The Kier molecular flexibility index (Phi) is 2.73. The Morgan fingerprint density at radius 2 is 1.82 bits per heavy atom. The number of benzene rings is 2. The lowest BCUT2D eigenvalue weighted by Gasteiger charge is -2.15. The van der Waals surface area contributed by atoms with E-state index in [1.54, 1.807) is 0 Å². The van der Waals surface area contributed by atoms with E-state index in [-0.39, 0.29) is 12.2 Å². The van der Waals surface area contributed by atoms with Gasteiger partial charge in [0.15, 0.2) is 0 Å². The van der Waals surface area contributed by atoms with Crippen LogP contribution in [0.5, 0.6) is 5.75 Å². The van der Waals surface area contributed by atoms with Crippen molar-refractivity contribution in [1.82, 2.24) is 0 Å². The number of aliphatic hydroxyl groups excluding tert-OH is 1. The smallest absolute Gasteiger partial charge is 0.127 e. The van der Waals surface area contributed by atoms with Gasteiger partial charge < -0.3 is 9.84 Å². The van der Waals surface area contributed by atoms with E-state index < -0.39 is 0 Å². The molecule has 2 heteroatoms. The lowest BCUT2D eigenvalue weighted by Crippen LogP contribution is -2.13. The minimum Gasteiger partial charge on any atom is -0.490 e. The van der Waals surface area contributed by atoms with Crippen molar-refractivity contribution in [3.8, 4) is 5.75 Å². The molecule has 0 aliphatic heterocycles. The minimum absolute atomic E-state index is 0.163. The molecule has 1 aliphatic carbocycles. The molecule has 1 aliphatic rings. The summed E-state index contributed by atoms with van der Waals surface area (Å²) in [4.78, 5) is 0. The molecule has 0 spiro atoms. The molecule has 1 saturated carbocycles. The topological polar surface area (TPSA) is 29.5 Å². The van der Waals surface area contributed by atoms with Crippen LogP contribution in [0.25, 0.3) is 10.8 Å². The van der Waals surface area contributed by atoms with Gasteiger partial charge in [0.2, 0.25) is 0 Å². The number of hydrogen-bond acceptors (Lipinski definition) is 2. The fourth-order valence-electron chi connectivity index (χ4n) is 2.50. The standard InChI is InChI=1S/C15H16O2/c16-12-8-9-13(10-12)17-15-7-3-5-11-4-1-2-6-14(11)15/h1-7,12-13,16H,8-10H2. The molecule has 2 nitrogen and oxygen atoms in total. The summed E-state index contributed by atoms with van der Waals surface area (Å²) in [6.07, 6.45) is 2.54. The average Bonchev–Trinajstić information content (AvgIpc) is 2.75. The van der Waals surface area contributed by atoms with Gasteiger partial charge in [0.25, 0.3) is 0 Å². The van der Waals surface area contributed by atoms with Gasteiger partial charge in [0, 0.05) is 11.8 Å². The molecule has 0 radical (unpaired) electrons. The third-order valence-electron chi connectivity index (χ3n) is 3.40. The third-order valence-corrected chi connectivity index (χ3v) is 3.40. The van der Waals surface area contributed by atoms with Crippen molar-refractivity contribution in [3.05, 3.63) is 42.5 Å². The lowest BCUT2D eigenvalue weighted by atomic mass is 10.1. The molecule has 88 valence electrons. The van der Waals surface area contributed by atoms with Crippen molar-refractivity contribution < 1.29 is 9.84 Å². The summed E-state index contributed by atoms with van der Waals surface area (Å²) in [5, 5.41) is 11.9. The Balaban J connectivity index is 1.90. The van der Waals surface area contributed by atoms with E-state index in [0.717, 1.165) is 30.4 Å². The molecule has 1 fully saturated rings. The first-order valence-corrected chi connectivity index (χ1v) is 6.15. The van der Waals surface area contributed by atoms with Gasteiger partial charge in [-0.15, -0.1) is 0 Å². The van der Waals surface area contributed by atoms with Gasteiger partial charge in [-0.2, -0.15) is 0 Å². The van der Waals surface area contributed by atoms with Crippen molar-refractivity contribution in [1.29, 1.82) is 0 Å². The minimum atomic E-state index is -0.185. The number of fused-ring (bicyclic) bond motifs is 1. The second-order valence-electron chi connectivity index (χ2n) is 4.68. The molecular formula is C15H16O2. The largest absolute Gasteiger partial charge is 0.490 e. The molecular weight excluding hydrogens is 212 g/mol. The molecule has 0 aromatic heterocycles. The molecule has 2 unspecified atom stereocenters. The highest BCUT2D eigenvalue weighted by molar-refractivity contribution is 5.88. The molecule has 17 heavy (non-hydrogen) atoms. The van der Waals surface area contributed by atoms with Gasteiger partial charge in [-0.1, -0.05) is 36.4 Å². The maximum absolute atomic E-state index is 9.51. The number of rotatable bonds is 2. The average molecular weight is 228 g/mol. The van der Waals surface area contributed by atoms with Crippen LogP contribution in [0, 0.1) is 0 Å². The van der Waals surface area contributed by atoms with Crippen molar-refractivity contribution >= 4 is 10.8 Å². The fraction of sp³-hybridized carbons (Fsp3) is 0.333. The second kappa shape index (κ2) is 4.38. The summed E-state index contributed by atoms with van der Waals surface area (Å²) in [5.41, 5.74) is 0. The van der Waals surface area contributed by atoms with E-state index in [2.05, 4.69) is 18.2 Å². The first-order valence-electron chi connectivity index (χ1n) is 6.15. The Morgan fingerprint density at radius 1 is 1.00 bits per heavy atom. The van der Waals surface area contributed by atoms with Crippen molar-refractivity contribution in [3.63, 3.8) is 0 Å². The van der Waals surface area contributed by atoms with Crippen LogP contribution in [0.1, 0.15) is 19.3 Å². The normalized spacial score (nSPS) is 24.1. The van der Waals surface area contributed by atoms with E-state index in [0.29, 0.717) is 0 Å². The predicted molar refractivity (Wildman–Crippen MR) is 68.2 cm³/mol. The first kappa shape index (κ1) is 10.6. The molecule has 0 amide bonds. The molecule has 0 bridgehead atoms. The van der Waals surface area contributed by atoms with Gasteiger partial charge in [-0.05, 0) is 24.3 Å². The van der Waals surface area contributed by atoms with Crippen LogP contribution in [0.2, 0.25) is 0 Å². The van der Waals surface area contributed by atoms with Gasteiger partial charge >= 0.3 is 0 Å². The predicted octanol–water partition coefficient (Wildman–Crippen LogP) is 3.13. The van der Waals surface area contributed by atoms with E-state index in [1.165, 1.54) is 5.39 Å². The van der Waals surface area contributed by atoms with Crippen LogP contribution in [0.15, 0.2) is 42.5 Å². The summed E-state index contributed by atoms with van der Waals surface area (Å²) in [5.74, 6) is 0.933. The molecule has 2 aromatic rings. The van der Waals surface area contributed by atoms with Crippen LogP contribution >= 0.6 is 0 Å². The zero-order valence-corrected chi connectivity index (χ0v) is 9.67. The molecule has 0 saturated heterocycles. The summed E-state index contributed by atoms with van der Waals surface area (Å²) >= 11 is 0. The van der Waals surface area contributed by atoms with Crippen LogP contribution in [0.4, 0.5) is 0 Å². The van der Waals surface area contributed by atoms with Crippen molar-refractivity contribution in [2.75, 3.05) is 0 Å². The zero-order valence-electron chi connectivity index (χ0n) is 9.67.